The minimum Gasteiger partial charge on any atom is -0.325 e. The molecule has 0 heterocycles. The molecule has 0 aliphatic rings. The van der Waals surface area contributed by atoms with E-state index in [0.29, 0.717) is 25.1 Å². The van der Waals surface area contributed by atoms with Crippen LogP contribution in [-0.4, -0.2) is 30.9 Å². The third kappa shape index (κ3) is 8.05. The van der Waals surface area contributed by atoms with Gasteiger partial charge in [-0.1, -0.05) is 37.4 Å². The van der Waals surface area contributed by atoms with Gasteiger partial charge >= 0.3 is 0 Å². The summed E-state index contributed by atoms with van der Waals surface area (Å²) in [6, 6.07) is 5.26. The van der Waals surface area contributed by atoms with Crippen molar-refractivity contribution in [3.63, 3.8) is 0 Å². The third-order valence-electron chi connectivity index (χ3n) is 4.61. The zero-order chi connectivity index (χ0) is 22.0. The van der Waals surface area contributed by atoms with Gasteiger partial charge in [0.1, 0.15) is 0 Å². The van der Waals surface area contributed by atoms with Gasteiger partial charge in [0.25, 0.3) is 0 Å². The minimum absolute atomic E-state index is 0.152. The Morgan fingerprint density at radius 2 is 1.83 bits per heavy atom. The normalized spacial score (nSPS) is 12.6. The molecule has 6 nitrogen and oxygen atoms in total. The molecule has 0 aromatic heterocycles. The molecule has 6 heteroatoms. The van der Waals surface area contributed by atoms with Crippen LogP contribution in [0.25, 0.3) is 0 Å². The van der Waals surface area contributed by atoms with E-state index in [9.17, 15) is 9.59 Å². The SMILES string of the molecule is C=C/C(C)=C(/NC(=O)CNCCCC(N)C(=O)Nc1c(C)cccc1C)C(=C)C. The Labute approximate surface area is 174 Å². The highest BCUT2D eigenvalue weighted by atomic mass is 16.2. The lowest BCUT2D eigenvalue weighted by molar-refractivity contribution is -0.119. The molecule has 0 fully saturated rings. The molecule has 1 aromatic rings. The summed E-state index contributed by atoms with van der Waals surface area (Å²) in [7, 11) is 0. The van der Waals surface area contributed by atoms with Crippen molar-refractivity contribution in [1.29, 1.82) is 0 Å². The van der Waals surface area contributed by atoms with Crippen molar-refractivity contribution >= 4 is 17.5 Å². The van der Waals surface area contributed by atoms with Crippen LogP contribution >= 0.6 is 0 Å². The third-order valence-corrected chi connectivity index (χ3v) is 4.61. The van der Waals surface area contributed by atoms with Crippen LogP contribution in [0.1, 0.15) is 37.8 Å². The monoisotopic (exact) mass is 398 g/mol. The molecule has 2 amide bonds. The number of anilines is 1. The molecule has 0 aliphatic carbocycles. The lowest BCUT2D eigenvalue weighted by Gasteiger charge is -2.16. The van der Waals surface area contributed by atoms with E-state index < -0.39 is 6.04 Å². The summed E-state index contributed by atoms with van der Waals surface area (Å²) in [6.07, 6.45) is 2.89. The Bertz CT molecular complexity index is 776. The molecule has 0 saturated carbocycles. The van der Waals surface area contributed by atoms with Crippen molar-refractivity contribution in [2.24, 2.45) is 5.73 Å². The summed E-state index contributed by atoms with van der Waals surface area (Å²) in [5.74, 6) is -0.349. The van der Waals surface area contributed by atoms with Crippen LogP contribution in [0.2, 0.25) is 0 Å². The van der Waals surface area contributed by atoms with E-state index in [0.717, 1.165) is 28.0 Å². The van der Waals surface area contributed by atoms with Gasteiger partial charge in [-0.3, -0.25) is 9.59 Å². The lowest BCUT2D eigenvalue weighted by Crippen LogP contribution is -2.37. The molecule has 158 valence electrons. The van der Waals surface area contributed by atoms with Crippen LogP contribution in [0, 0.1) is 13.8 Å². The average molecular weight is 399 g/mol. The van der Waals surface area contributed by atoms with Gasteiger partial charge in [0, 0.05) is 11.4 Å². The molecule has 5 N–H and O–H groups in total. The highest BCUT2D eigenvalue weighted by Gasteiger charge is 2.15. The highest BCUT2D eigenvalue weighted by molar-refractivity contribution is 5.95. The van der Waals surface area contributed by atoms with Crippen LogP contribution in [0.15, 0.2) is 54.3 Å². The fraction of sp³-hybridized carbons (Fsp3) is 0.391. The predicted molar refractivity (Wildman–Crippen MR) is 120 cm³/mol. The van der Waals surface area contributed by atoms with E-state index in [1.54, 1.807) is 6.08 Å². The first-order chi connectivity index (χ1) is 13.7. The number of allylic oxidation sites excluding steroid dienone is 3. The van der Waals surface area contributed by atoms with E-state index >= 15 is 0 Å². The van der Waals surface area contributed by atoms with Crippen LogP contribution in [0.4, 0.5) is 5.69 Å². The minimum atomic E-state index is -0.599. The van der Waals surface area contributed by atoms with Crippen molar-refractivity contribution in [2.75, 3.05) is 18.4 Å². The predicted octanol–water partition coefficient (Wildman–Crippen LogP) is 3.09. The maximum Gasteiger partial charge on any atom is 0.241 e. The van der Waals surface area contributed by atoms with Gasteiger partial charge in [0.2, 0.25) is 11.8 Å². The molecule has 1 rings (SSSR count). The van der Waals surface area contributed by atoms with E-state index in [1.807, 2.05) is 45.9 Å². The largest absolute Gasteiger partial charge is 0.325 e. The van der Waals surface area contributed by atoms with Crippen LogP contribution < -0.4 is 21.7 Å². The van der Waals surface area contributed by atoms with Gasteiger partial charge in [-0.2, -0.15) is 0 Å². The molecule has 0 radical (unpaired) electrons. The van der Waals surface area contributed by atoms with E-state index in [4.69, 9.17) is 5.73 Å². The number of carbonyl (C=O) groups is 2. The summed E-state index contributed by atoms with van der Waals surface area (Å²) in [5.41, 5.74) is 11.2. The van der Waals surface area contributed by atoms with Gasteiger partial charge in [0.15, 0.2) is 0 Å². The zero-order valence-electron chi connectivity index (χ0n) is 18.0. The average Bonchev–Trinajstić information content (AvgIpc) is 2.67. The van der Waals surface area contributed by atoms with E-state index in [-0.39, 0.29) is 18.4 Å². The number of nitrogens with two attached hydrogens (primary N) is 1. The number of amides is 2. The second-order valence-corrected chi connectivity index (χ2v) is 7.27. The molecule has 0 bridgehead atoms. The standard InChI is InChI=1S/C23H34N4O2/c1-7-16(4)21(15(2)3)26-20(28)14-25-13-9-12-19(24)23(29)27-22-17(5)10-8-11-18(22)6/h7-8,10-11,19,25H,1-2,9,12-14,24H2,3-6H3,(H,26,28)(H,27,29)/b21-16+. The zero-order valence-corrected chi connectivity index (χ0v) is 18.0. The molecule has 1 atom stereocenters. The van der Waals surface area contributed by atoms with Crippen molar-refractivity contribution in [3.05, 3.63) is 65.4 Å². The molecule has 0 aliphatic heterocycles. The molecule has 0 saturated heterocycles. The number of nitrogens with one attached hydrogen (secondary N) is 3. The smallest absolute Gasteiger partial charge is 0.241 e. The topological polar surface area (TPSA) is 96.2 Å². The Balaban J connectivity index is 2.37. The summed E-state index contributed by atoms with van der Waals surface area (Å²) in [5, 5.41) is 8.83. The second kappa shape index (κ2) is 12.0. The Hall–Kier alpha value is -2.70. The summed E-state index contributed by atoms with van der Waals surface area (Å²) in [4.78, 5) is 24.4. The van der Waals surface area contributed by atoms with Gasteiger partial charge in [-0.15, -0.1) is 0 Å². The number of carbonyl (C=O) groups excluding carboxylic acids is 2. The van der Waals surface area contributed by atoms with Gasteiger partial charge in [-0.05, 0) is 69.4 Å². The molecule has 0 spiro atoms. The van der Waals surface area contributed by atoms with Crippen LogP contribution in [-0.2, 0) is 9.59 Å². The van der Waals surface area contributed by atoms with Crippen molar-refractivity contribution in [1.82, 2.24) is 10.6 Å². The molecular weight excluding hydrogens is 364 g/mol. The maximum absolute atomic E-state index is 12.3. The van der Waals surface area contributed by atoms with Crippen molar-refractivity contribution in [3.8, 4) is 0 Å². The van der Waals surface area contributed by atoms with Crippen molar-refractivity contribution < 1.29 is 9.59 Å². The van der Waals surface area contributed by atoms with Gasteiger partial charge in [0.05, 0.1) is 12.6 Å². The second-order valence-electron chi connectivity index (χ2n) is 7.27. The number of rotatable bonds is 11. The Morgan fingerprint density at radius 1 is 1.21 bits per heavy atom. The highest BCUT2D eigenvalue weighted by Crippen LogP contribution is 2.19. The first kappa shape index (κ1) is 24.3. The first-order valence-corrected chi connectivity index (χ1v) is 9.79. The van der Waals surface area contributed by atoms with Gasteiger partial charge < -0.3 is 21.7 Å². The van der Waals surface area contributed by atoms with Crippen molar-refractivity contribution in [2.45, 2.75) is 46.6 Å². The summed E-state index contributed by atoms with van der Waals surface area (Å²) >= 11 is 0. The molecule has 1 unspecified atom stereocenters. The van der Waals surface area contributed by atoms with Crippen LogP contribution in [0.5, 0.6) is 0 Å². The van der Waals surface area contributed by atoms with Gasteiger partial charge in [-0.25, -0.2) is 0 Å². The number of aryl methyl sites for hydroxylation is 2. The summed E-state index contributed by atoms with van der Waals surface area (Å²) < 4.78 is 0. The molecule has 1 aromatic carbocycles. The quantitative estimate of drug-likeness (QED) is 0.340. The maximum atomic E-state index is 12.3. The molecule has 29 heavy (non-hydrogen) atoms. The van der Waals surface area contributed by atoms with E-state index in [1.165, 1.54) is 0 Å². The number of para-hydroxylation sites is 1. The number of hydrogen-bond donors (Lipinski definition) is 4. The Morgan fingerprint density at radius 3 is 2.38 bits per heavy atom. The Kier molecular flexibility index (Phi) is 10.1. The van der Waals surface area contributed by atoms with E-state index in [2.05, 4.69) is 29.1 Å². The molecular formula is C23H34N4O2. The first-order valence-electron chi connectivity index (χ1n) is 9.79. The fourth-order valence-corrected chi connectivity index (χ4v) is 2.84. The lowest BCUT2D eigenvalue weighted by atomic mass is 10.1. The number of hydrogen-bond acceptors (Lipinski definition) is 4. The fourth-order valence-electron chi connectivity index (χ4n) is 2.84. The summed E-state index contributed by atoms with van der Waals surface area (Å²) in [6.45, 7) is 16.0. The number of benzene rings is 1. The van der Waals surface area contributed by atoms with Crippen LogP contribution in [0.3, 0.4) is 0 Å².